The predicted octanol–water partition coefficient (Wildman–Crippen LogP) is 0.671. The molecular weight excluding hydrogens is 255 g/mol. The van der Waals surface area contributed by atoms with E-state index in [1.807, 2.05) is 0 Å². The van der Waals surface area contributed by atoms with Crippen LogP contribution in [-0.2, 0) is 9.59 Å². The third kappa shape index (κ3) is 3.86. The van der Waals surface area contributed by atoms with Gasteiger partial charge in [-0.3, -0.25) is 9.59 Å². The Morgan fingerprint density at radius 1 is 1.28 bits per heavy atom. The standard InChI is InChI=1S/C10H14F3NO4/c11-10(12,13)8(17)14-5-9(18)3-1-6(2-4-9)7(15)16/h6,18H,1-5H2,(H,14,17)(H,15,16). The molecule has 0 atom stereocenters. The molecule has 1 amide bonds. The summed E-state index contributed by atoms with van der Waals surface area (Å²) >= 11 is 0. The Bertz CT molecular complexity index is 335. The molecule has 0 aliphatic heterocycles. The second-order valence-electron chi connectivity index (χ2n) is 4.52. The van der Waals surface area contributed by atoms with Gasteiger partial charge in [0.15, 0.2) is 0 Å². The number of rotatable bonds is 3. The molecule has 1 fully saturated rings. The summed E-state index contributed by atoms with van der Waals surface area (Å²) in [5.74, 6) is -3.66. The van der Waals surface area contributed by atoms with Crippen LogP contribution in [0.5, 0.6) is 0 Å². The molecule has 0 aromatic rings. The number of hydrogen-bond acceptors (Lipinski definition) is 3. The van der Waals surface area contributed by atoms with Crippen LogP contribution in [0.2, 0.25) is 0 Å². The Balaban J connectivity index is 2.44. The Labute approximate surface area is 101 Å². The first kappa shape index (κ1) is 14.7. The van der Waals surface area contributed by atoms with E-state index < -0.39 is 36.1 Å². The summed E-state index contributed by atoms with van der Waals surface area (Å²) in [6, 6.07) is 0. The maximum Gasteiger partial charge on any atom is 0.471 e. The molecule has 3 N–H and O–H groups in total. The molecule has 0 unspecified atom stereocenters. The second kappa shape index (κ2) is 5.13. The lowest BCUT2D eigenvalue weighted by Gasteiger charge is -2.34. The summed E-state index contributed by atoms with van der Waals surface area (Å²) in [4.78, 5) is 21.2. The van der Waals surface area contributed by atoms with Crippen molar-refractivity contribution in [1.82, 2.24) is 5.32 Å². The first-order chi connectivity index (χ1) is 8.14. The number of aliphatic carboxylic acids is 1. The summed E-state index contributed by atoms with van der Waals surface area (Å²) in [5, 5.41) is 20.3. The second-order valence-corrected chi connectivity index (χ2v) is 4.52. The average Bonchev–Trinajstić information content (AvgIpc) is 2.25. The van der Waals surface area contributed by atoms with E-state index in [4.69, 9.17) is 5.11 Å². The van der Waals surface area contributed by atoms with Crippen LogP contribution in [0.25, 0.3) is 0 Å². The van der Waals surface area contributed by atoms with Gasteiger partial charge in [0.2, 0.25) is 0 Å². The van der Waals surface area contributed by atoms with Crippen molar-refractivity contribution in [3.05, 3.63) is 0 Å². The molecule has 0 saturated heterocycles. The highest BCUT2D eigenvalue weighted by molar-refractivity contribution is 5.81. The number of hydrogen-bond donors (Lipinski definition) is 3. The number of carboxylic acids is 1. The zero-order valence-electron chi connectivity index (χ0n) is 9.46. The van der Waals surface area contributed by atoms with E-state index in [1.54, 1.807) is 5.32 Å². The Morgan fingerprint density at radius 3 is 2.17 bits per heavy atom. The van der Waals surface area contributed by atoms with Crippen molar-refractivity contribution in [3.63, 3.8) is 0 Å². The van der Waals surface area contributed by atoms with E-state index in [-0.39, 0.29) is 25.7 Å². The lowest BCUT2D eigenvalue weighted by atomic mass is 9.79. The molecule has 104 valence electrons. The molecule has 1 aliphatic rings. The van der Waals surface area contributed by atoms with Gasteiger partial charge in [-0.1, -0.05) is 0 Å². The van der Waals surface area contributed by atoms with E-state index in [2.05, 4.69) is 0 Å². The molecule has 0 spiro atoms. The first-order valence-electron chi connectivity index (χ1n) is 5.44. The van der Waals surface area contributed by atoms with E-state index >= 15 is 0 Å². The van der Waals surface area contributed by atoms with Crippen molar-refractivity contribution in [2.45, 2.75) is 37.5 Å². The molecule has 8 heteroatoms. The smallest absolute Gasteiger partial charge is 0.471 e. The molecule has 1 aliphatic carbocycles. The van der Waals surface area contributed by atoms with Crippen LogP contribution in [0.1, 0.15) is 25.7 Å². The summed E-state index contributed by atoms with van der Waals surface area (Å²) < 4.78 is 35.8. The Kier molecular flexibility index (Phi) is 4.20. The third-order valence-corrected chi connectivity index (χ3v) is 3.10. The summed E-state index contributed by atoms with van der Waals surface area (Å²) in [5.41, 5.74) is -1.45. The summed E-state index contributed by atoms with van der Waals surface area (Å²) in [6.45, 7) is -0.516. The minimum Gasteiger partial charge on any atom is -0.481 e. The van der Waals surface area contributed by atoms with E-state index in [1.165, 1.54) is 0 Å². The lowest BCUT2D eigenvalue weighted by Crippen LogP contribution is -2.49. The average molecular weight is 269 g/mol. The molecular formula is C10H14F3NO4. The van der Waals surface area contributed by atoms with E-state index in [0.717, 1.165) is 0 Å². The number of carbonyl (C=O) groups excluding carboxylic acids is 1. The quantitative estimate of drug-likeness (QED) is 0.703. The van der Waals surface area contributed by atoms with E-state index in [9.17, 15) is 27.9 Å². The maximum atomic E-state index is 11.9. The van der Waals surface area contributed by atoms with Gasteiger partial charge < -0.3 is 15.5 Å². The van der Waals surface area contributed by atoms with Gasteiger partial charge in [-0.25, -0.2) is 0 Å². The van der Waals surface area contributed by atoms with Crippen LogP contribution < -0.4 is 5.32 Å². The highest BCUT2D eigenvalue weighted by Gasteiger charge is 2.41. The molecule has 0 aromatic heterocycles. The molecule has 1 rings (SSSR count). The van der Waals surface area contributed by atoms with E-state index in [0.29, 0.717) is 0 Å². The minimum atomic E-state index is -4.98. The van der Waals surface area contributed by atoms with Gasteiger partial charge in [-0.15, -0.1) is 0 Å². The van der Waals surface area contributed by atoms with Crippen molar-refractivity contribution in [3.8, 4) is 0 Å². The van der Waals surface area contributed by atoms with Crippen LogP contribution in [-0.4, -0.2) is 40.4 Å². The number of aliphatic hydroxyl groups is 1. The highest BCUT2D eigenvalue weighted by Crippen LogP contribution is 2.32. The molecule has 0 heterocycles. The van der Waals surface area contributed by atoms with Gasteiger partial charge in [0.1, 0.15) is 0 Å². The van der Waals surface area contributed by atoms with Gasteiger partial charge in [-0.05, 0) is 25.7 Å². The zero-order valence-corrected chi connectivity index (χ0v) is 9.46. The number of alkyl halides is 3. The highest BCUT2D eigenvalue weighted by atomic mass is 19.4. The molecule has 0 bridgehead atoms. The number of amides is 1. The van der Waals surface area contributed by atoms with Crippen LogP contribution in [0.4, 0.5) is 13.2 Å². The maximum absolute atomic E-state index is 11.9. The Hall–Kier alpha value is -1.31. The van der Waals surface area contributed by atoms with Crippen molar-refractivity contribution >= 4 is 11.9 Å². The molecule has 5 nitrogen and oxygen atoms in total. The van der Waals surface area contributed by atoms with Crippen molar-refractivity contribution in [2.75, 3.05) is 6.54 Å². The summed E-state index contributed by atoms with van der Waals surface area (Å²) in [7, 11) is 0. The van der Waals surface area contributed by atoms with Crippen molar-refractivity contribution < 1.29 is 33.0 Å². The third-order valence-electron chi connectivity index (χ3n) is 3.10. The van der Waals surface area contributed by atoms with Crippen LogP contribution in [0.3, 0.4) is 0 Å². The predicted molar refractivity (Wildman–Crippen MR) is 53.6 cm³/mol. The SMILES string of the molecule is O=C(O)C1CCC(O)(CNC(=O)C(F)(F)F)CC1. The molecule has 18 heavy (non-hydrogen) atoms. The van der Waals surface area contributed by atoms with Gasteiger partial charge in [0.05, 0.1) is 11.5 Å². The van der Waals surface area contributed by atoms with Crippen LogP contribution in [0.15, 0.2) is 0 Å². The topological polar surface area (TPSA) is 86.6 Å². The minimum absolute atomic E-state index is 0.0576. The monoisotopic (exact) mass is 269 g/mol. The number of carbonyl (C=O) groups is 2. The number of nitrogens with one attached hydrogen (secondary N) is 1. The lowest BCUT2D eigenvalue weighted by molar-refractivity contribution is -0.175. The fourth-order valence-electron chi connectivity index (χ4n) is 1.92. The fourth-order valence-corrected chi connectivity index (χ4v) is 1.92. The van der Waals surface area contributed by atoms with Gasteiger partial charge in [-0.2, -0.15) is 13.2 Å². The Morgan fingerprint density at radius 2 is 1.78 bits per heavy atom. The largest absolute Gasteiger partial charge is 0.481 e. The fraction of sp³-hybridized carbons (Fsp3) is 0.800. The van der Waals surface area contributed by atoms with Crippen molar-refractivity contribution in [2.24, 2.45) is 5.92 Å². The van der Waals surface area contributed by atoms with Gasteiger partial charge in [0.25, 0.3) is 0 Å². The molecule has 0 radical (unpaired) electrons. The van der Waals surface area contributed by atoms with Crippen LogP contribution >= 0.6 is 0 Å². The van der Waals surface area contributed by atoms with Gasteiger partial charge in [0, 0.05) is 6.54 Å². The van der Waals surface area contributed by atoms with Crippen LogP contribution in [0, 0.1) is 5.92 Å². The zero-order chi connectivity index (χ0) is 14.0. The summed E-state index contributed by atoms with van der Waals surface area (Å²) in [6.07, 6.45) is -4.49. The number of halogens is 3. The normalized spacial score (nSPS) is 28.8. The number of carboxylic acid groups (broad SMARTS) is 1. The molecule has 0 aromatic carbocycles. The first-order valence-corrected chi connectivity index (χ1v) is 5.44. The molecule has 1 saturated carbocycles. The van der Waals surface area contributed by atoms with Crippen molar-refractivity contribution in [1.29, 1.82) is 0 Å². The van der Waals surface area contributed by atoms with Gasteiger partial charge >= 0.3 is 18.1 Å².